The quantitative estimate of drug-likeness (QED) is 0.811. The Morgan fingerprint density at radius 3 is 2.25 bits per heavy atom. The molecule has 102 valence electrons. The van der Waals surface area contributed by atoms with Crippen LogP contribution in [0.15, 0.2) is 42.5 Å². The van der Waals surface area contributed by atoms with Crippen molar-refractivity contribution in [1.82, 2.24) is 0 Å². The van der Waals surface area contributed by atoms with Gasteiger partial charge in [-0.05, 0) is 42.5 Å². The summed E-state index contributed by atoms with van der Waals surface area (Å²) in [5, 5.41) is 20.6. The highest BCUT2D eigenvalue weighted by Gasteiger charge is 2.11. The smallest absolute Gasteiger partial charge is 0.337 e. The van der Waals surface area contributed by atoms with Crippen LogP contribution in [0.1, 0.15) is 20.7 Å². The number of aromatic hydroxyl groups is 1. The molecule has 20 heavy (non-hydrogen) atoms. The van der Waals surface area contributed by atoms with E-state index in [4.69, 9.17) is 21.8 Å². The second kappa shape index (κ2) is 5.63. The van der Waals surface area contributed by atoms with Crippen molar-refractivity contribution in [3.8, 4) is 5.75 Å². The van der Waals surface area contributed by atoms with Gasteiger partial charge >= 0.3 is 5.97 Å². The molecule has 2 aromatic carbocycles. The Balaban J connectivity index is 2.18. The zero-order valence-corrected chi connectivity index (χ0v) is 10.9. The molecule has 0 saturated heterocycles. The number of halogens is 1. The molecule has 3 N–H and O–H groups in total. The van der Waals surface area contributed by atoms with Gasteiger partial charge in [0, 0.05) is 11.3 Å². The molecule has 0 aromatic heterocycles. The zero-order valence-electron chi connectivity index (χ0n) is 10.1. The van der Waals surface area contributed by atoms with Crippen LogP contribution in [0.25, 0.3) is 0 Å². The number of carbonyl (C=O) groups is 2. The van der Waals surface area contributed by atoms with Crippen LogP contribution in [-0.4, -0.2) is 22.1 Å². The molecule has 6 heteroatoms. The van der Waals surface area contributed by atoms with Crippen molar-refractivity contribution in [3.63, 3.8) is 0 Å². The summed E-state index contributed by atoms with van der Waals surface area (Å²) in [5.41, 5.74) is 0.716. The van der Waals surface area contributed by atoms with Gasteiger partial charge in [0.25, 0.3) is 5.91 Å². The fraction of sp³-hybridized carbons (Fsp3) is 0. The first-order chi connectivity index (χ1) is 9.47. The Morgan fingerprint density at radius 1 is 1.05 bits per heavy atom. The summed E-state index contributed by atoms with van der Waals surface area (Å²) < 4.78 is 0. The maximum atomic E-state index is 11.9. The Bertz CT molecular complexity index is 667. The third-order valence-corrected chi connectivity index (χ3v) is 2.90. The van der Waals surface area contributed by atoms with Crippen LogP contribution in [-0.2, 0) is 0 Å². The molecule has 0 aliphatic rings. The highest BCUT2D eigenvalue weighted by Crippen LogP contribution is 2.21. The number of anilines is 1. The summed E-state index contributed by atoms with van der Waals surface area (Å²) in [5.74, 6) is -1.45. The minimum atomic E-state index is -1.13. The third-order valence-electron chi connectivity index (χ3n) is 2.59. The molecule has 0 bridgehead atoms. The monoisotopic (exact) mass is 291 g/mol. The van der Waals surface area contributed by atoms with Gasteiger partial charge in [0.05, 0.1) is 10.6 Å². The number of amides is 1. The van der Waals surface area contributed by atoms with E-state index in [1.165, 1.54) is 42.5 Å². The van der Waals surface area contributed by atoms with Crippen LogP contribution >= 0.6 is 11.6 Å². The molecule has 0 saturated carbocycles. The number of hydrogen-bond donors (Lipinski definition) is 3. The van der Waals surface area contributed by atoms with E-state index < -0.39 is 5.97 Å². The minimum Gasteiger partial charge on any atom is -0.508 e. The number of carboxylic acid groups (broad SMARTS) is 1. The van der Waals surface area contributed by atoms with Gasteiger partial charge in [-0.3, -0.25) is 4.79 Å². The minimum absolute atomic E-state index is 0.0331. The highest BCUT2D eigenvalue weighted by atomic mass is 35.5. The molecule has 0 aliphatic carbocycles. The number of phenolic OH excluding ortho intramolecular Hbond substituents is 1. The van der Waals surface area contributed by atoms with Crippen molar-refractivity contribution < 1.29 is 19.8 Å². The second-order valence-electron chi connectivity index (χ2n) is 4.00. The lowest BCUT2D eigenvalue weighted by Crippen LogP contribution is -2.12. The summed E-state index contributed by atoms with van der Waals surface area (Å²) in [7, 11) is 0. The van der Waals surface area contributed by atoms with Gasteiger partial charge in [-0.25, -0.2) is 4.79 Å². The summed E-state index contributed by atoms with van der Waals surface area (Å²) in [4.78, 5) is 22.7. The van der Waals surface area contributed by atoms with E-state index in [2.05, 4.69) is 5.32 Å². The first kappa shape index (κ1) is 13.9. The van der Waals surface area contributed by atoms with Gasteiger partial charge in [-0.1, -0.05) is 11.6 Å². The predicted molar refractivity (Wildman–Crippen MR) is 74.5 cm³/mol. The fourth-order valence-corrected chi connectivity index (χ4v) is 1.84. The Kier molecular flexibility index (Phi) is 3.91. The summed E-state index contributed by atoms with van der Waals surface area (Å²) in [6, 6.07) is 9.87. The van der Waals surface area contributed by atoms with E-state index in [1.54, 1.807) is 0 Å². The van der Waals surface area contributed by atoms with E-state index in [1.807, 2.05) is 0 Å². The lowest BCUT2D eigenvalue weighted by Gasteiger charge is -2.07. The van der Waals surface area contributed by atoms with Crippen molar-refractivity contribution in [1.29, 1.82) is 0 Å². The van der Waals surface area contributed by atoms with E-state index in [0.717, 1.165) is 0 Å². The number of hydrogen-bond acceptors (Lipinski definition) is 3. The average molecular weight is 292 g/mol. The lowest BCUT2D eigenvalue weighted by molar-refractivity contribution is 0.0697. The number of carboxylic acids is 1. The number of nitrogens with one attached hydrogen (secondary N) is 1. The van der Waals surface area contributed by atoms with Crippen LogP contribution in [0, 0.1) is 0 Å². The topological polar surface area (TPSA) is 86.6 Å². The second-order valence-corrected chi connectivity index (χ2v) is 4.41. The summed E-state index contributed by atoms with van der Waals surface area (Å²) in [6.07, 6.45) is 0. The molecular formula is C14H10ClNO4. The van der Waals surface area contributed by atoms with Crippen molar-refractivity contribution in [2.24, 2.45) is 0 Å². The first-order valence-electron chi connectivity index (χ1n) is 5.60. The van der Waals surface area contributed by atoms with E-state index in [0.29, 0.717) is 11.3 Å². The van der Waals surface area contributed by atoms with Gasteiger partial charge in [-0.2, -0.15) is 0 Å². The van der Waals surface area contributed by atoms with E-state index in [9.17, 15) is 9.59 Å². The molecule has 0 unspecified atom stereocenters. The molecule has 2 rings (SSSR count). The first-order valence-corrected chi connectivity index (χ1v) is 5.98. The zero-order chi connectivity index (χ0) is 14.7. The standard InChI is InChI=1S/C14H10ClNO4/c15-12-7-9(3-6-11(12)14(19)20)16-13(18)8-1-4-10(17)5-2-8/h1-7,17H,(H,16,18)(H,19,20). The highest BCUT2D eigenvalue weighted by molar-refractivity contribution is 6.33. The van der Waals surface area contributed by atoms with Crippen molar-refractivity contribution in [3.05, 3.63) is 58.6 Å². The number of rotatable bonds is 3. The third kappa shape index (κ3) is 3.07. The van der Waals surface area contributed by atoms with Crippen LogP contribution in [0.3, 0.4) is 0 Å². The maximum absolute atomic E-state index is 11.9. The fourth-order valence-electron chi connectivity index (χ4n) is 1.58. The van der Waals surface area contributed by atoms with Gasteiger partial charge < -0.3 is 15.5 Å². The Hall–Kier alpha value is -2.53. The normalized spacial score (nSPS) is 10.1. The molecule has 0 fully saturated rings. The van der Waals surface area contributed by atoms with Gasteiger partial charge in [0.1, 0.15) is 5.75 Å². The van der Waals surface area contributed by atoms with Crippen LogP contribution in [0.2, 0.25) is 5.02 Å². The van der Waals surface area contributed by atoms with E-state index >= 15 is 0 Å². The van der Waals surface area contributed by atoms with Crippen molar-refractivity contribution >= 4 is 29.2 Å². The van der Waals surface area contributed by atoms with Crippen LogP contribution in [0.5, 0.6) is 5.75 Å². The molecule has 1 amide bonds. The molecule has 0 atom stereocenters. The molecule has 2 aromatic rings. The average Bonchev–Trinajstić information content (AvgIpc) is 2.39. The van der Waals surface area contributed by atoms with Gasteiger partial charge in [0.15, 0.2) is 0 Å². The molecule has 0 spiro atoms. The molecule has 5 nitrogen and oxygen atoms in total. The number of carbonyl (C=O) groups excluding carboxylic acids is 1. The Labute approximate surface area is 119 Å². The van der Waals surface area contributed by atoms with Crippen molar-refractivity contribution in [2.45, 2.75) is 0 Å². The lowest BCUT2D eigenvalue weighted by atomic mass is 10.1. The summed E-state index contributed by atoms with van der Waals surface area (Å²) in [6.45, 7) is 0. The van der Waals surface area contributed by atoms with E-state index in [-0.39, 0.29) is 22.2 Å². The molecule has 0 heterocycles. The largest absolute Gasteiger partial charge is 0.508 e. The maximum Gasteiger partial charge on any atom is 0.337 e. The van der Waals surface area contributed by atoms with Gasteiger partial charge in [-0.15, -0.1) is 0 Å². The predicted octanol–water partition coefficient (Wildman–Crippen LogP) is 3.00. The number of aromatic carboxylic acids is 1. The van der Waals surface area contributed by atoms with Gasteiger partial charge in [0.2, 0.25) is 0 Å². The summed E-state index contributed by atoms with van der Waals surface area (Å²) >= 11 is 5.81. The number of benzene rings is 2. The Morgan fingerprint density at radius 2 is 1.70 bits per heavy atom. The molecule has 0 radical (unpaired) electrons. The molecule has 0 aliphatic heterocycles. The van der Waals surface area contributed by atoms with Crippen LogP contribution in [0.4, 0.5) is 5.69 Å². The molecular weight excluding hydrogens is 282 g/mol. The van der Waals surface area contributed by atoms with Crippen LogP contribution < -0.4 is 5.32 Å². The number of phenols is 1. The van der Waals surface area contributed by atoms with Crippen molar-refractivity contribution in [2.75, 3.05) is 5.32 Å². The SMILES string of the molecule is O=C(Nc1ccc(C(=O)O)c(Cl)c1)c1ccc(O)cc1.